The Morgan fingerprint density at radius 1 is 0.692 bits per heavy atom. The van der Waals surface area contributed by atoms with Crippen LogP contribution >= 0.6 is 22.7 Å². The third kappa shape index (κ3) is 3.93. The summed E-state index contributed by atoms with van der Waals surface area (Å²) in [6.07, 6.45) is 1.53. The summed E-state index contributed by atoms with van der Waals surface area (Å²) in [6.45, 7) is 0. The van der Waals surface area contributed by atoms with Gasteiger partial charge in [-0.1, -0.05) is 24.3 Å². The Morgan fingerprint density at radius 3 is 1.54 bits per heavy atom. The topological polar surface area (TPSA) is 59.9 Å². The molecule has 0 saturated heterocycles. The van der Waals surface area contributed by atoms with Crippen molar-refractivity contribution in [2.75, 3.05) is 11.5 Å². The predicted molar refractivity (Wildman–Crippen MR) is 111 cm³/mol. The van der Waals surface area contributed by atoms with Gasteiger partial charge in [0, 0.05) is 11.5 Å². The number of para-hydroxylation sites is 2. The molecule has 0 radical (unpaired) electrons. The second-order valence-corrected chi connectivity index (χ2v) is 11.3. The smallest absolute Gasteiger partial charge is 0.181 e. The van der Waals surface area contributed by atoms with Crippen molar-refractivity contribution in [3.05, 3.63) is 48.5 Å². The fourth-order valence-corrected chi connectivity index (χ4v) is 7.40. The molecule has 0 aliphatic rings. The number of hydrogen-bond acceptors (Lipinski definition) is 6. The van der Waals surface area contributed by atoms with Crippen molar-refractivity contribution >= 4 is 64.7 Å². The number of aromatic nitrogens is 2. The molecule has 0 bridgehead atoms. The molecule has 2 aromatic heterocycles. The van der Waals surface area contributed by atoms with Crippen LogP contribution in [0.1, 0.15) is 12.8 Å². The number of rotatable bonds is 7. The summed E-state index contributed by atoms with van der Waals surface area (Å²) >= 11 is 2.98. The molecule has 0 saturated carbocycles. The van der Waals surface area contributed by atoms with Crippen molar-refractivity contribution in [2.45, 2.75) is 21.5 Å². The van der Waals surface area contributed by atoms with Gasteiger partial charge in [0.15, 0.2) is 8.68 Å². The van der Waals surface area contributed by atoms with Gasteiger partial charge in [-0.05, 0) is 37.1 Å². The van der Waals surface area contributed by atoms with Gasteiger partial charge in [-0.15, -0.1) is 22.7 Å². The van der Waals surface area contributed by atoms with Crippen LogP contribution in [0.5, 0.6) is 0 Å². The van der Waals surface area contributed by atoms with Gasteiger partial charge in [0.2, 0.25) is 0 Å². The van der Waals surface area contributed by atoms with Crippen LogP contribution in [0.2, 0.25) is 0 Å². The van der Waals surface area contributed by atoms with Crippen LogP contribution in [0.15, 0.2) is 57.2 Å². The van der Waals surface area contributed by atoms with E-state index in [0.29, 0.717) is 20.2 Å². The van der Waals surface area contributed by atoms with Crippen molar-refractivity contribution in [1.82, 2.24) is 9.97 Å². The lowest BCUT2D eigenvalue weighted by atomic mass is 10.3. The predicted octanol–water partition coefficient (Wildman–Crippen LogP) is 4.60. The molecule has 0 aliphatic carbocycles. The van der Waals surface area contributed by atoms with Crippen molar-refractivity contribution in [3.8, 4) is 0 Å². The zero-order chi connectivity index (χ0) is 17.9. The Morgan fingerprint density at radius 2 is 1.12 bits per heavy atom. The minimum Gasteiger partial charge on any atom is -0.252 e. The minimum atomic E-state index is -1.09. The highest BCUT2D eigenvalue weighted by Gasteiger charge is 2.13. The van der Waals surface area contributed by atoms with Crippen molar-refractivity contribution in [1.29, 1.82) is 0 Å². The van der Waals surface area contributed by atoms with E-state index >= 15 is 0 Å². The van der Waals surface area contributed by atoms with Crippen LogP contribution in [0.25, 0.3) is 20.4 Å². The van der Waals surface area contributed by atoms with Crippen molar-refractivity contribution in [3.63, 3.8) is 0 Å². The summed E-state index contributed by atoms with van der Waals surface area (Å²) in [6, 6.07) is 15.7. The fourth-order valence-electron chi connectivity index (χ4n) is 2.54. The van der Waals surface area contributed by atoms with Gasteiger partial charge in [0.25, 0.3) is 0 Å². The van der Waals surface area contributed by atoms with E-state index in [-0.39, 0.29) is 0 Å². The van der Waals surface area contributed by atoms with Gasteiger partial charge < -0.3 is 0 Å². The summed E-state index contributed by atoms with van der Waals surface area (Å²) in [5, 5.41) is 0. The highest BCUT2D eigenvalue weighted by Crippen LogP contribution is 2.26. The van der Waals surface area contributed by atoms with Gasteiger partial charge in [-0.2, -0.15) is 0 Å². The molecule has 2 aromatic carbocycles. The molecule has 0 spiro atoms. The monoisotopic (exact) mass is 420 g/mol. The van der Waals surface area contributed by atoms with Crippen molar-refractivity contribution in [2.24, 2.45) is 0 Å². The maximum absolute atomic E-state index is 12.4. The maximum Gasteiger partial charge on any atom is 0.181 e. The second kappa shape index (κ2) is 8.04. The van der Waals surface area contributed by atoms with E-state index < -0.39 is 21.6 Å². The third-order valence-electron chi connectivity index (χ3n) is 3.85. The number of benzene rings is 2. The van der Waals surface area contributed by atoms with Crippen LogP contribution < -0.4 is 0 Å². The van der Waals surface area contributed by atoms with Gasteiger partial charge in [-0.3, -0.25) is 8.42 Å². The molecule has 4 rings (SSSR count). The number of unbranched alkanes of at least 4 members (excludes halogenated alkanes) is 1. The average Bonchev–Trinajstić information content (AvgIpc) is 3.28. The standard InChI is InChI=1S/C18H16N2O2S4/c21-25(17-19-13-7-1-3-9-15(13)23-17)11-5-6-12-26(22)18-20-14-8-2-4-10-16(14)24-18/h1-4,7-10H,5-6,11-12H2. The molecule has 0 amide bonds. The van der Waals surface area contributed by atoms with Crippen LogP contribution in [-0.4, -0.2) is 29.9 Å². The summed E-state index contributed by atoms with van der Waals surface area (Å²) < 4.78 is 28.3. The molecule has 8 heteroatoms. The largest absolute Gasteiger partial charge is 0.252 e. The number of hydrogen-bond donors (Lipinski definition) is 0. The molecule has 2 unspecified atom stereocenters. The molecule has 2 heterocycles. The number of thiazole rings is 2. The molecule has 26 heavy (non-hydrogen) atoms. The number of nitrogens with zero attached hydrogens (tertiary/aromatic N) is 2. The highest BCUT2D eigenvalue weighted by molar-refractivity contribution is 7.87. The lowest BCUT2D eigenvalue weighted by Gasteiger charge is -1.99. The molecule has 4 nitrogen and oxygen atoms in total. The summed E-state index contributed by atoms with van der Waals surface area (Å²) in [5.74, 6) is 1.10. The fraction of sp³-hybridized carbons (Fsp3) is 0.222. The lowest BCUT2D eigenvalue weighted by Crippen LogP contribution is -2.02. The summed E-state index contributed by atoms with van der Waals surface area (Å²) in [5.41, 5.74) is 1.80. The number of fused-ring (bicyclic) bond motifs is 2. The Balaban J connectivity index is 1.30. The van der Waals surface area contributed by atoms with E-state index in [1.165, 1.54) is 22.7 Å². The SMILES string of the molecule is O=S(CCCCS(=O)c1nc2ccccc2s1)c1nc2ccccc2s1. The highest BCUT2D eigenvalue weighted by atomic mass is 32.2. The molecular weight excluding hydrogens is 404 g/mol. The quantitative estimate of drug-likeness (QED) is 0.410. The van der Waals surface area contributed by atoms with Crippen molar-refractivity contribution < 1.29 is 8.42 Å². The zero-order valence-corrected chi connectivity index (χ0v) is 17.1. The van der Waals surface area contributed by atoms with E-state index in [4.69, 9.17) is 0 Å². The van der Waals surface area contributed by atoms with Crippen LogP contribution in [0, 0.1) is 0 Å². The Labute approximate surface area is 164 Å². The molecule has 4 aromatic rings. The normalized spacial score (nSPS) is 14.0. The van der Waals surface area contributed by atoms with Crippen LogP contribution in [-0.2, 0) is 21.6 Å². The van der Waals surface area contributed by atoms with Gasteiger partial charge in [0.1, 0.15) is 0 Å². The zero-order valence-electron chi connectivity index (χ0n) is 13.8. The van der Waals surface area contributed by atoms with Gasteiger partial charge in [-0.25, -0.2) is 9.97 Å². The summed E-state index contributed by atoms with van der Waals surface area (Å²) in [7, 11) is -2.18. The lowest BCUT2D eigenvalue weighted by molar-refractivity contribution is 0.673. The first-order valence-electron chi connectivity index (χ1n) is 8.18. The molecular formula is C18H16N2O2S4. The Hall–Kier alpha value is -1.48. The second-order valence-electron chi connectivity index (χ2n) is 5.70. The Bertz CT molecular complexity index is 949. The van der Waals surface area contributed by atoms with E-state index in [9.17, 15) is 8.42 Å². The first-order chi connectivity index (χ1) is 12.7. The first-order valence-corrected chi connectivity index (χ1v) is 12.5. The molecule has 0 N–H and O–H groups in total. The third-order valence-corrected chi connectivity index (χ3v) is 9.41. The minimum absolute atomic E-state index is 0.552. The van der Waals surface area contributed by atoms with Crippen LogP contribution in [0.3, 0.4) is 0 Å². The average molecular weight is 421 g/mol. The summed E-state index contributed by atoms with van der Waals surface area (Å²) in [4.78, 5) is 8.90. The Kier molecular flexibility index (Phi) is 5.54. The molecule has 0 aliphatic heterocycles. The first kappa shape index (κ1) is 17.9. The molecule has 134 valence electrons. The van der Waals surface area contributed by atoms with E-state index in [1.54, 1.807) is 0 Å². The molecule has 2 atom stereocenters. The van der Waals surface area contributed by atoms with E-state index in [2.05, 4.69) is 9.97 Å². The van der Waals surface area contributed by atoms with E-state index in [0.717, 1.165) is 33.3 Å². The van der Waals surface area contributed by atoms with Gasteiger partial charge in [0.05, 0.1) is 42.0 Å². The van der Waals surface area contributed by atoms with Gasteiger partial charge >= 0.3 is 0 Å². The molecule has 0 fully saturated rings. The van der Waals surface area contributed by atoms with Crippen LogP contribution in [0.4, 0.5) is 0 Å². The maximum atomic E-state index is 12.4. The van der Waals surface area contributed by atoms with E-state index in [1.807, 2.05) is 48.5 Å².